The summed E-state index contributed by atoms with van der Waals surface area (Å²) in [4.78, 5) is 2.48. The Morgan fingerprint density at radius 1 is 0.909 bits per heavy atom. The Balaban J connectivity index is 1.38. The molecule has 3 aliphatic rings. The molecule has 6 heteroatoms. The summed E-state index contributed by atoms with van der Waals surface area (Å²) in [5.74, 6) is 2.90. The molecule has 0 radical (unpaired) electrons. The summed E-state index contributed by atoms with van der Waals surface area (Å²) < 4.78 is 16.8. The van der Waals surface area contributed by atoms with Gasteiger partial charge in [0, 0.05) is 30.8 Å². The minimum absolute atomic E-state index is 0.202. The average Bonchev–Trinajstić information content (AvgIpc) is 3.47. The third-order valence-electron chi connectivity index (χ3n) is 7.30. The highest BCUT2D eigenvalue weighted by Gasteiger charge is 2.44. The van der Waals surface area contributed by atoms with Crippen molar-refractivity contribution in [2.45, 2.75) is 32.5 Å². The van der Waals surface area contributed by atoms with Crippen LogP contribution in [-0.4, -0.2) is 20.4 Å². The van der Waals surface area contributed by atoms with Crippen LogP contribution in [0.5, 0.6) is 17.2 Å². The Morgan fingerprint density at radius 2 is 1.67 bits per heavy atom. The molecule has 3 aliphatic heterocycles. The van der Waals surface area contributed by atoms with Gasteiger partial charge in [-0.25, -0.2) is 10.9 Å². The second kappa shape index (κ2) is 7.97. The van der Waals surface area contributed by atoms with Gasteiger partial charge in [-0.2, -0.15) is 0 Å². The number of methoxy groups -OCH3 is 1. The number of aryl methyl sites for hydroxylation is 2. The Hall–Kier alpha value is -3.22. The maximum atomic E-state index is 5.73. The number of nitrogens with zero attached hydrogens (tertiary/aromatic N) is 1. The highest BCUT2D eigenvalue weighted by molar-refractivity contribution is 5.66. The SMILES string of the molecule is COc1ccc(CN2CC3C(c4ccc(C)c(C)c4)NNC3c3cc4c(cc32)OCO4)cc1. The van der Waals surface area contributed by atoms with Crippen molar-refractivity contribution in [2.24, 2.45) is 5.92 Å². The molecule has 3 aromatic rings. The van der Waals surface area contributed by atoms with Crippen molar-refractivity contribution in [3.05, 3.63) is 82.4 Å². The van der Waals surface area contributed by atoms with E-state index in [9.17, 15) is 0 Å². The molecule has 33 heavy (non-hydrogen) atoms. The van der Waals surface area contributed by atoms with Crippen LogP contribution in [0.3, 0.4) is 0 Å². The normalized spacial score (nSPS) is 22.8. The number of hydrazine groups is 1. The third-order valence-corrected chi connectivity index (χ3v) is 7.30. The van der Waals surface area contributed by atoms with Crippen molar-refractivity contribution in [3.8, 4) is 17.2 Å². The molecule has 1 fully saturated rings. The number of hydrogen-bond acceptors (Lipinski definition) is 6. The number of benzene rings is 3. The zero-order valence-corrected chi connectivity index (χ0v) is 19.2. The maximum Gasteiger partial charge on any atom is 0.231 e. The molecule has 6 nitrogen and oxygen atoms in total. The van der Waals surface area contributed by atoms with Gasteiger partial charge in [0.05, 0.1) is 19.2 Å². The predicted octanol–water partition coefficient (Wildman–Crippen LogP) is 4.57. The quantitative estimate of drug-likeness (QED) is 0.616. The average molecular weight is 444 g/mol. The van der Waals surface area contributed by atoms with E-state index in [1.54, 1.807) is 7.11 Å². The number of fused-ring (bicyclic) bond motifs is 4. The van der Waals surface area contributed by atoms with Crippen LogP contribution < -0.4 is 30.0 Å². The number of anilines is 1. The summed E-state index contributed by atoms with van der Waals surface area (Å²) in [6.45, 7) is 6.38. The van der Waals surface area contributed by atoms with E-state index < -0.39 is 0 Å². The smallest absolute Gasteiger partial charge is 0.231 e. The van der Waals surface area contributed by atoms with E-state index >= 15 is 0 Å². The zero-order chi connectivity index (χ0) is 22.5. The van der Waals surface area contributed by atoms with E-state index in [1.165, 1.54) is 33.5 Å². The van der Waals surface area contributed by atoms with Gasteiger partial charge in [0.25, 0.3) is 0 Å². The lowest BCUT2D eigenvalue weighted by Gasteiger charge is -2.39. The largest absolute Gasteiger partial charge is 0.497 e. The molecule has 0 amide bonds. The fraction of sp³-hybridized carbons (Fsp3) is 0.333. The van der Waals surface area contributed by atoms with Gasteiger partial charge in [-0.05, 0) is 59.9 Å². The van der Waals surface area contributed by atoms with Gasteiger partial charge < -0.3 is 19.1 Å². The van der Waals surface area contributed by atoms with Crippen LogP contribution in [0.2, 0.25) is 0 Å². The van der Waals surface area contributed by atoms with Crippen LogP contribution >= 0.6 is 0 Å². The summed E-state index contributed by atoms with van der Waals surface area (Å²) >= 11 is 0. The van der Waals surface area contributed by atoms with Crippen LogP contribution in [0, 0.1) is 19.8 Å². The third kappa shape index (κ3) is 3.50. The molecular weight excluding hydrogens is 414 g/mol. The fourth-order valence-electron chi connectivity index (χ4n) is 5.32. The van der Waals surface area contributed by atoms with Gasteiger partial charge in [-0.1, -0.05) is 30.3 Å². The minimum atomic E-state index is 0.202. The first-order valence-corrected chi connectivity index (χ1v) is 11.5. The van der Waals surface area contributed by atoms with Crippen molar-refractivity contribution >= 4 is 5.69 Å². The van der Waals surface area contributed by atoms with Gasteiger partial charge in [0.1, 0.15) is 5.75 Å². The number of hydrogen-bond donors (Lipinski definition) is 2. The molecule has 3 atom stereocenters. The number of rotatable bonds is 4. The highest BCUT2D eigenvalue weighted by Crippen LogP contribution is 2.49. The second-order valence-electron chi connectivity index (χ2n) is 9.24. The van der Waals surface area contributed by atoms with Crippen molar-refractivity contribution in [3.63, 3.8) is 0 Å². The fourth-order valence-corrected chi connectivity index (χ4v) is 5.32. The lowest BCUT2D eigenvalue weighted by Crippen LogP contribution is -2.39. The van der Waals surface area contributed by atoms with Crippen molar-refractivity contribution in [1.29, 1.82) is 0 Å². The molecule has 0 bridgehead atoms. The van der Waals surface area contributed by atoms with Crippen LogP contribution in [0.1, 0.15) is 39.9 Å². The molecular formula is C27H29N3O3. The summed E-state index contributed by atoms with van der Waals surface area (Å²) in [6.07, 6.45) is 0. The van der Waals surface area contributed by atoms with Crippen molar-refractivity contribution in [2.75, 3.05) is 25.3 Å². The van der Waals surface area contributed by atoms with E-state index in [1.807, 2.05) is 12.1 Å². The predicted molar refractivity (Wildman–Crippen MR) is 128 cm³/mol. The van der Waals surface area contributed by atoms with Crippen LogP contribution in [0.4, 0.5) is 5.69 Å². The van der Waals surface area contributed by atoms with Gasteiger partial charge in [0.15, 0.2) is 11.5 Å². The van der Waals surface area contributed by atoms with Crippen LogP contribution in [-0.2, 0) is 6.54 Å². The number of nitrogens with one attached hydrogen (secondary N) is 2. The van der Waals surface area contributed by atoms with Crippen LogP contribution in [0.15, 0.2) is 54.6 Å². The van der Waals surface area contributed by atoms with Crippen molar-refractivity contribution < 1.29 is 14.2 Å². The lowest BCUT2D eigenvalue weighted by atomic mass is 9.81. The van der Waals surface area contributed by atoms with E-state index in [4.69, 9.17) is 14.2 Å². The molecule has 2 N–H and O–H groups in total. The molecule has 3 heterocycles. The first-order chi connectivity index (χ1) is 16.1. The molecule has 6 rings (SSSR count). The maximum absolute atomic E-state index is 5.73. The molecule has 170 valence electrons. The Labute approximate surface area is 194 Å². The van der Waals surface area contributed by atoms with Crippen molar-refractivity contribution in [1.82, 2.24) is 10.9 Å². The minimum Gasteiger partial charge on any atom is -0.497 e. The van der Waals surface area contributed by atoms with E-state index in [0.29, 0.717) is 5.92 Å². The Kier molecular flexibility index (Phi) is 4.93. The van der Waals surface area contributed by atoms with Gasteiger partial charge in [-0.15, -0.1) is 0 Å². The monoisotopic (exact) mass is 443 g/mol. The Bertz CT molecular complexity index is 1190. The summed E-state index contributed by atoms with van der Waals surface area (Å²) in [5.41, 5.74) is 14.9. The van der Waals surface area contributed by atoms with E-state index in [0.717, 1.165) is 30.3 Å². The Morgan fingerprint density at radius 3 is 2.42 bits per heavy atom. The van der Waals surface area contributed by atoms with Gasteiger partial charge >= 0.3 is 0 Å². The van der Waals surface area contributed by atoms with Gasteiger partial charge in [-0.3, -0.25) is 0 Å². The standard InChI is InChI=1S/C27H29N3O3/c1-16-4-7-19(10-17(16)2)26-22-14-30(13-18-5-8-20(31-3)9-6-18)23-12-25-24(32-15-33-25)11-21(23)27(22)29-28-26/h4-12,22,26-29H,13-15H2,1-3H3. The van der Waals surface area contributed by atoms with Gasteiger partial charge in [0.2, 0.25) is 6.79 Å². The summed E-state index contributed by atoms with van der Waals surface area (Å²) in [5, 5.41) is 0. The molecule has 0 spiro atoms. The zero-order valence-electron chi connectivity index (χ0n) is 19.2. The molecule has 0 aromatic heterocycles. The van der Waals surface area contributed by atoms with Crippen LogP contribution in [0.25, 0.3) is 0 Å². The molecule has 3 aromatic carbocycles. The topological polar surface area (TPSA) is 55.0 Å². The molecule has 0 saturated carbocycles. The molecule has 0 aliphatic carbocycles. The first-order valence-electron chi connectivity index (χ1n) is 11.5. The molecule has 1 saturated heterocycles. The lowest BCUT2D eigenvalue weighted by molar-refractivity contribution is 0.174. The first kappa shape index (κ1) is 20.4. The highest BCUT2D eigenvalue weighted by atomic mass is 16.7. The summed E-state index contributed by atoms with van der Waals surface area (Å²) in [7, 11) is 1.70. The second-order valence-corrected chi connectivity index (χ2v) is 9.24. The summed E-state index contributed by atoms with van der Waals surface area (Å²) in [6, 6.07) is 19.9. The van der Waals surface area contributed by atoms with E-state index in [-0.39, 0.29) is 18.9 Å². The van der Waals surface area contributed by atoms with E-state index in [2.05, 4.69) is 72.1 Å². The number of ether oxygens (including phenoxy) is 3. The molecule has 3 unspecified atom stereocenters.